The Balaban J connectivity index is 1.69. The van der Waals surface area contributed by atoms with Crippen LogP contribution in [0.25, 0.3) is 22.8 Å². The molecule has 4 nitrogen and oxygen atoms in total. The van der Waals surface area contributed by atoms with Gasteiger partial charge in [0.15, 0.2) is 0 Å². The molecule has 0 spiro atoms. The lowest BCUT2D eigenvalue weighted by atomic mass is 10.1. The summed E-state index contributed by atoms with van der Waals surface area (Å²) in [7, 11) is 0. The van der Waals surface area contributed by atoms with Crippen LogP contribution in [0.1, 0.15) is 5.56 Å². The molecule has 1 aliphatic rings. The van der Waals surface area contributed by atoms with Gasteiger partial charge in [-0.05, 0) is 48.4 Å². The molecule has 0 atom stereocenters. The van der Waals surface area contributed by atoms with Gasteiger partial charge in [-0.1, -0.05) is 11.2 Å². The molecule has 2 aromatic carbocycles. The molecule has 0 radical (unpaired) electrons. The second-order valence-electron chi connectivity index (χ2n) is 4.98. The standard InChI is InChI=1S/C16H12FN3O/c17-13-5-3-11(4-6-13)15-19-16(21-20-15)12-2-1-10-7-8-18-14(10)9-12/h1-6,9,18H,7-8H2. The first-order valence-corrected chi connectivity index (χ1v) is 6.76. The largest absolute Gasteiger partial charge is 0.384 e. The SMILES string of the molecule is Fc1ccc(-c2noc(-c3ccc4c(c3)NCC4)n2)cc1. The van der Waals surface area contributed by atoms with E-state index in [1.165, 1.54) is 17.7 Å². The van der Waals surface area contributed by atoms with Crippen LogP contribution in [-0.2, 0) is 6.42 Å². The topological polar surface area (TPSA) is 51.0 Å². The zero-order chi connectivity index (χ0) is 14.2. The van der Waals surface area contributed by atoms with Gasteiger partial charge in [0.05, 0.1) is 0 Å². The Hall–Kier alpha value is -2.69. The highest BCUT2D eigenvalue weighted by atomic mass is 19.1. The molecule has 0 bridgehead atoms. The Morgan fingerprint density at radius 3 is 2.71 bits per heavy atom. The molecule has 0 amide bonds. The summed E-state index contributed by atoms with van der Waals surface area (Å²) in [4.78, 5) is 4.38. The first kappa shape index (κ1) is 12.1. The van der Waals surface area contributed by atoms with Gasteiger partial charge < -0.3 is 9.84 Å². The molecule has 0 fully saturated rings. The van der Waals surface area contributed by atoms with Crippen LogP contribution >= 0.6 is 0 Å². The van der Waals surface area contributed by atoms with E-state index in [-0.39, 0.29) is 5.82 Å². The summed E-state index contributed by atoms with van der Waals surface area (Å²) in [6, 6.07) is 12.1. The second kappa shape index (κ2) is 4.70. The van der Waals surface area contributed by atoms with Crippen molar-refractivity contribution in [1.82, 2.24) is 10.1 Å². The maximum atomic E-state index is 12.9. The van der Waals surface area contributed by atoms with E-state index >= 15 is 0 Å². The normalized spacial score (nSPS) is 13.0. The summed E-state index contributed by atoms with van der Waals surface area (Å²) in [5, 5.41) is 7.28. The Bertz CT molecular complexity index is 796. The maximum absolute atomic E-state index is 12.9. The second-order valence-corrected chi connectivity index (χ2v) is 4.98. The Morgan fingerprint density at radius 2 is 1.86 bits per heavy atom. The molecule has 4 rings (SSSR count). The lowest BCUT2D eigenvalue weighted by Gasteiger charge is -2.00. The van der Waals surface area contributed by atoms with Crippen molar-refractivity contribution in [3.63, 3.8) is 0 Å². The summed E-state index contributed by atoms with van der Waals surface area (Å²) in [5.41, 5.74) is 4.03. The van der Waals surface area contributed by atoms with E-state index in [2.05, 4.69) is 21.5 Å². The Kier molecular flexibility index (Phi) is 2.70. The number of anilines is 1. The molecule has 0 unspecified atom stereocenters. The highest BCUT2D eigenvalue weighted by molar-refractivity contribution is 5.67. The van der Waals surface area contributed by atoms with Crippen LogP contribution in [-0.4, -0.2) is 16.7 Å². The van der Waals surface area contributed by atoms with E-state index < -0.39 is 0 Å². The molecule has 104 valence electrons. The van der Waals surface area contributed by atoms with Gasteiger partial charge in [-0.25, -0.2) is 4.39 Å². The van der Waals surface area contributed by atoms with Gasteiger partial charge in [0, 0.05) is 23.4 Å². The third-order valence-corrected chi connectivity index (χ3v) is 3.60. The van der Waals surface area contributed by atoms with E-state index in [1.54, 1.807) is 12.1 Å². The predicted octanol–water partition coefficient (Wildman–Crippen LogP) is 3.51. The van der Waals surface area contributed by atoms with Crippen LogP contribution in [0.2, 0.25) is 0 Å². The molecular formula is C16H12FN3O. The molecule has 0 saturated heterocycles. The van der Waals surface area contributed by atoms with Crippen molar-refractivity contribution in [1.29, 1.82) is 0 Å². The van der Waals surface area contributed by atoms with Crippen molar-refractivity contribution in [2.75, 3.05) is 11.9 Å². The molecule has 1 aromatic heterocycles. The zero-order valence-electron chi connectivity index (χ0n) is 11.1. The third kappa shape index (κ3) is 2.16. The average Bonchev–Trinajstić information content (AvgIpc) is 3.16. The van der Waals surface area contributed by atoms with Crippen molar-refractivity contribution in [2.24, 2.45) is 0 Å². The predicted molar refractivity (Wildman–Crippen MR) is 77.3 cm³/mol. The summed E-state index contributed by atoms with van der Waals surface area (Å²) < 4.78 is 18.2. The van der Waals surface area contributed by atoms with Crippen molar-refractivity contribution < 1.29 is 8.91 Å². The number of halogens is 1. The maximum Gasteiger partial charge on any atom is 0.258 e. The number of benzene rings is 2. The average molecular weight is 281 g/mol. The van der Waals surface area contributed by atoms with E-state index in [1.807, 2.05) is 12.1 Å². The Labute approximate surface area is 120 Å². The molecule has 2 heterocycles. The molecule has 1 N–H and O–H groups in total. The minimum atomic E-state index is -0.285. The van der Waals surface area contributed by atoms with Gasteiger partial charge >= 0.3 is 0 Å². The molecule has 0 aliphatic carbocycles. The number of rotatable bonds is 2. The minimum absolute atomic E-state index is 0.285. The first-order valence-electron chi connectivity index (χ1n) is 6.76. The number of hydrogen-bond acceptors (Lipinski definition) is 4. The highest BCUT2D eigenvalue weighted by Gasteiger charge is 2.15. The van der Waals surface area contributed by atoms with Gasteiger partial charge in [0.25, 0.3) is 5.89 Å². The van der Waals surface area contributed by atoms with Gasteiger partial charge in [0.1, 0.15) is 5.82 Å². The van der Waals surface area contributed by atoms with Crippen molar-refractivity contribution >= 4 is 5.69 Å². The highest BCUT2D eigenvalue weighted by Crippen LogP contribution is 2.29. The quantitative estimate of drug-likeness (QED) is 0.781. The van der Waals surface area contributed by atoms with Crippen LogP contribution in [0.3, 0.4) is 0 Å². The molecular weight excluding hydrogens is 269 g/mol. The van der Waals surface area contributed by atoms with Gasteiger partial charge in [-0.2, -0.15) is 4.98 Å². The van der Waals surface area contributed by atoms with Crippen molar-refractivity contribution in [3.8, 4) is 22.8 Å². The van der Waals surface area contributed by atoms with Crippen LogP contribution in [0, 0.1) is 5.82 Å². The van der Waals surface area contributed by atoms with Crippen LogP contribution in [0.15, 0.2) is 47.0 Å². The lowest BCUT2D eigenvalue weighted by Crippen LogP contribution is -1.91. The molecule has 3 aromatic rings. The molecule has 5 heteroatoms. The fourth-order valence-electron chi connectivity index (χ4n) is 2.48. The van der Waals surface area contributed by atoms with Crippen LogP contribution in [0.4, 0.5) is 10.1 Å². The van der Waals surface area contributed by atoms with Crippen molar-refractivity contribution in [2.45, 2.75) is 6.42 Å². The van der Waals surface area contributed by atoms with Gasteiger partial charge in [0.2, 0.25) is 5.82 Å². The molecule has 21 heavy (non-hydrogen) atoms. The number of fused-ring (bicyclic) bond motifs is 1. The fourth-order valence-corrected chi connectivity index (χ4v) is 2.48. The van der Waals surface area contributed by atoms with Crippen LogP contribution in [0.5, 0.6) is 0 Å². The van der Waals surface area contributed by atoms with Crippen LogP contribution < -0.4 is 5.32 Å². The minimum Gasteiger partial charge on any atom is -0.384 e. The number of hydrogen-bond donors (Lipinski definition) is 1. The lowest BCUT2D eigenvalue weighted by molar-refractivity contribution is 0.432. The molecule has 1 aliphatic heterocycles. The van der Waals surface area contributed by atoms with E-state index in [0.29, 0.717) is 11.7 Å². The Morgan fingerprint density at radius 1 is 1.05 bits per heavy atom. The van der Waals surface area contributed by atoms with E-state index in [0.717, 1.165) is 29.8 Å². The van der Waals surface area contributed by atoms with Crippen molar-refractivity contribution in [3.05, 3.63) is 53.8 Å². The van der Waals surface area contributed by atoms with E-state index in [4.69, 9.17) is 4.52 Å². The monoisotopic (exact) mass is 281 g/mol. The van der Waals surface area contributed by atoms with E-state index in [9.17, 15) is 4.39 Å². The molecule has 0 saturated carbocycles. The third-order valence-electron chi connectivity index (χ3n) is 3.60. The first-order chi connectivity index (χ1) is 10.3. The number of nitrogens with one attached hydrogen (secondary N) is 1. The number of aromatic nitrogens is 2. The summed E-state index contributed by atoms with van der Waals surface area (Å²) in [5.74, 6) is 0.636. The summed E-state index contributed by atoms with van der Waals surface area (Å²) in [6.45, 7) is 0.962. The smallest absolute Gasteiger partial charge is 0.258 e. The van der Waals surface area contributed by atoms with Gasteiger partial charge in [-0.3, -0.25) is 0 Å². The van der Waals surface area contributed by atoms with Gasteiger partial charge in [-0.15, -0.1) is 0 Å². The number of nitrogens with zero attached hydrogens (tertiary/aromatic N) is 2. The summed E-state index contributed by atoms with van der Waals surface area (Å²) in [6.07, 6.45) is 1.04. The fraction of sp³-hybridized carbons (Fsp3) is 0.125. The zero-order valence-corrected chi connectivity index (χ0v) is 11.1. The summed E-state index contributed by atoms with van der Waals surface area (Å²) >= 11 is 0.